The Hall–Kier alpha value is -2.87. The molecule has 0 saturated heterocycles. The van der Waals surface area contributed by atoms with Gasteiger partial charge in [-0.15, -0.1) is 0 Å². The van der Waals surface area contributed by atoms with E-state index in [9.17, 15) is 19.5 Å². The van der Waals surface area contributed by atoms with Crippen LogP contribution in [-0.2, 0) is 20.8 Å². The van der Waals surface area contributed by atoms with Gasteiger partial charge in [-0.05, 0) is 17.7 Å². The van der Waals surface area contributed by atoms with Crippen LogP contribution in [0.4, 0.5) is 5.69 Å². The summed E-state index contributed by atoms with van der Waals surface area (Å²) in [4.78, 5) is 35.1. The number of carbonyl (C=O) groups excluding carboxylic acids is 2. The smallest absolute Gasteiger partial charge is 0.307 e. The third-order valence-electron chi connectivity index (χ3n) is 3.02. The summed E-state index contributed by atoms with van der Waals surface area (Å²) in [6.07, 6.45) is 0.818. The van der Waals surface area contributed by atoms with E-state index in [1.54, 1.807) is 0 Å². The number of amides is 2. The van der Waals surface area contributed by atoms with Gasteiger partial charge in [-0.25, -0.2) is 0 Å². The molecular weight excluding hydrogens is 292 g/mol. The van der Waals surface area contributed by atoms with Crippen molar-refractivity contribution in [1.29, 1.82) is 0 Å². The second-order valence-corrected chi connectivity index (χ2v) is 4.62. The number of β-amino-alcohol motifs (C(OH)–C–C–N with tert-alkyl or cyclic N) is 1. The van der Waals surface area contributed by atoms with Crippen LogP contribution in [0.5, 0.6) is 5.75 Å². The molecule has 1 aliphatic rings. The van der Waals surface area contributed by atoms with Gasteiger partial charge in [0.25, 0.3) is 11.8 Å². The zero-order chi connectivity index (χ0) is 16.3. The number of nitrogens with zero attached hydrogens (tertiary/aromatic N) is 1. The molecule has 0 aromatic heterocycles. The fourth-order valence-electron chi connectivity index (χ4n) is 2.02. The van der Waals surface area contributed by atoms with Crippen molar-refractivity contribution >= 4 is 23.5 Å². The minimum absolute atomic E-state index is 0.0544. The number of aliphatic carboxylic acids is 1. The summed E-state index contributed by atoms with van der Waals surface area (Å²) in [5, 5.41) is 30.0. The molecule has 0 atom stereocenters. The van der Waals surface area contributed by atoms with Crippen LogP contribution in [0.15, 0.2) is 30.0 Å². The molecule has 0 spiro atoms. The first kappa shape index (κ1) is 15.5. The van der Waals surface area contributed by atoms with Crippen molar-refractivity contribution in [1.82, 2.24) is 4.90 Å². The zero-order valence-corrected chi connectivity index (χ0v) is 11.4. The van der Waals surface area contributed by atoms with E-state index in [1.165, 1.54) is 18.2 Å². The van der Waals surface area contributed by atoms with Crippen LogP contribution in [0, 0.1) is 0 Å². The maximum absolute atomic E-state index is 12.0. The Kier molecular flexibility index (Phi) is 4.42. The van der Waals surface area contributed by atoms with E-state index in [-0.39, 0.29) is 36.7 Å². The number of phenolic OH excluding ortho intramolecular Hbond substituents is 1. The van der Waals surface area contributed by atoms with Crippen LogP contribution in [-0.4, -0.2) is 51.2 Å². The standard InChI is InChI=1S/C14H14N2O6/c17-4-3-16-12(19)7-10(14(16)22)15-9-5-8(6-13(20)21)1-2-11(9)18/h1-2,5,7,15,17-18H,3-4,6H2,(H,20,21). The van der Waals surface area contributed by atoms with Crippen LogP contribution < -0.4 is 5.32 Å². The van der Waals surface area contributed by atoms with Crippen molar-refractivity contribution in [3.8, 4) is 5.75 Å². The van der Waals surface area contributed by atoms with Crippen LogP contribution in [0.1, 0.15) is 5.56 Å². The Morgan fingerprint density at radius 2 is 2.00 bits per heavy atom. The first-order valence-electron chi connectivity index (χ1n) is 6.41. The van der Waals surface area contributed by atoms with Gasteiger partial charge in [0.15, 0.2) is 0 Å². The lowest BCUT2D eigenvalue weighted by Crippen LogP contribution is -2.34. The number of nitrogens with one attached hydrogen (secondary N) is 1. The van der Waals surface area contributed by atoms with Gasteiger partial charge < -0.3 is 20.6 Å². The van der Waals surface area contributed by atoms with Gasteiger partial charge in [0.05, 0.1) is 25.3 Å². The van der Waals surface area contributed by atoms with Crippen LogP contribution in [0.3, 0.4) is 0 Å². The monoisotopic (exact) mass is 306 g/mol. The van der Waals surface area contributed by atoms with Crippen molar-refractivity contribution in [2.24, 2.45) is 0 Å². The van der Waals surface area contributed by atoms with Gasteiger partial charge in [-0.3, -0.25) is 19.3 Å². The highest BCUT2D eigenvalue weighted by Crippen LogP contribution is 2.27. The Morgan fingerprint density at radius 3 is 2.64 bits per heavy atom. The Balaban J connectivity index is 2.20. The molecule has 1 aromatic rings. The quantitative estimate of drug-likeness (QED) is 0.419. The third-order valence-corrected chi connectivity index (χ3v) is 3.02. The number of benzene rings is 1. The van der Waals surface area contributed by atoms with Crippen LogP contribution >= 0.6 is 0 Å². The predicted octanol–water partition coefficient (Wildman–Crippen LogP) is -0.324. The van der Waals surface area contributed by atoms with Gasteiger partial charge in [0.2, 0.25) is 0 Å². The van der Waals surface area contributed by atoms with Crippen molar-refractivity contribution < 1.29 is 29.7 Å². The second-order valence-electron chi connectivity index (χ2n) is 4.62. The molecule has 1 aromatic carbocycles. The maximum Gasteiger partial charge on any atom is 0.307 e. The fourth-order valence-corrected chi connectivity index (χ4v) is 2.02. The summed E-state index contributed by atoms with van der Waals surface area (Å²) in [5.41, 5.74) is 0.496. The normalized spacial score (nSPS) is 14.2. The number of imide groups is 1. The molecule has 1 heterocycles. The van der Waals surface area contributed by atoms with E-state index < -0.39 is 17.8 Å². The number of aliphatic hydroxyl groups is 1. The molecule has 0 unspecified atom stereocenters. The first-order valence-corrected chi connectivity index (χ1v) is 6.41. The number of aliphatic hydroxyl groups excluding tert-OH is 1. The highest BCUT2D eigenvalue weighted by atomic mass is 16.4. The SMILES string of the molecule is O=C(O)Cc1ccc(O)c(NC2=CC(=O)N(CCO)C2=O)c1. The van der Waals surface area contributed by atoms with E-state index in [4.69, 9.17) is 10.2 Å². The number of carbonyl (C=O) groups is 3. The summed E-state index contributed by atoms with van der Waals surface area (Å²) in [5.74, 6) is -2.40. The molecule has 1 aliphatic heterocycles. The highest BCUT2D eigenvalue weighted by Gasteiger charge is 2.30. The van der Waals surface area contributed by atoms with E-state index in [2.05, 4.69) is 5.32 Å². The van der Waals surface area contributed by atoms with Crippen molar-refractivity contribution in [3.05, 3.63) is 35.5 Å². The Morgan fingerprint density at radius 1 is 1.27 bits per heavy atom. The fraction of sp³-hybridized carbons (Fsp3) is 0.214. The van der Waals surface area contributed by atoms with Crippen LogP contribution in [0.2, 0.25) is 0 Å². The number of rotatable bonds is 6. The van der Waals surface area contributed by atoms with E-state index in [0.29, 0.717) is 5.56 Å². The predicted molar refractivity (Wildman–Crippen MR) is 75.0 cm³/mol. The molecule has 8 heteroatoms. The zero-order valence-electron chi connectivity index (χ0n) is 11.4. The summed E-state index contributed by atoms with van der Waals surface area (Å²) in [7, 11) is 0. The minimum Gasteiger partial charge on any atom is -0.506 e. The second kappa shape index (κ2) is 6.27. The molecule has 4 N–H and O–H groups in total. The molecule has 2 rings (SSSR count). The molecular formula is C14H14N2O6. The third kappa shape index (κ3) is 3.23. The van der Waals surface area contributed by atoms with Crippen LogP contribution in [0.25, 0.3) is 0 Å². The number of aromatic hydroxyl groups is 1. The van der Waals surface area contributed by atoms with Gasteiger partial charge in [-0.1, -0.05) is 6.07 Å². The molecule has 0 aliphatic carbocycles. The number of carboxylic acids is 1. The Labute approximate surface area is 125 Å². The van der Waals surface area contributed by atoms with E-state index >= 15 is 0 Å². The lowest BCUT2D eigenvalue weighted by Gasteiger charge is -2.14. The molecule has 8 nitrogen and oxygen atoms in total. The molecule has 2 amide bonds. The molecule has 0 radical (unpaired) electrons. The average molecular weight is 306 g/mol. The first-order chi connectivity index (χ1) is 10.4. The van der Waals surface area contributed by atoms with Gasteiger partial charge >= 0.3 is 5.97 Å². The van der Waals surface area contributed by atoms with Crippen molar-refractivity contribution in [2.75, 3.05) is 18.5 Å². The summed E-state index contributed by atoms with van der Waals surface area (Å²) in [6.45, 7) is -0.470. The average Bonchev–Trinajstić information content (AvgIpc) is 2.70. The highest BCUT2D eigenvalue weighted by molar-refractivity contribution is 6.17. The number of carboxylic acid groups (broad SMARTS) is 1. The van der Waals surface area contributed by atoms with E-state index in [0.717, 1.165) is 11.0 Å². The lowest BCUT2D eigenvalue weighted by atomic mass is 10.1. The molecule has 0 saturated carbocycles. The summed E-state index contributed by atoms with van der Waals surface area (Å²) >= 11 is 0. The molecule has 22 heavy (non-hydrogen) atoms. The van der Waals surface area contributed by atoms with Gasteiger partial charge in [-0.2, -0.15) is 0 Å². The number of hydrogen-bond donors (Lipinski definition) is 4. The van der Waals surface area contributed by atoms with Crippen molar-refractivity contribution in [3.63, 3.8) is 0 Å². The Bertz CT molecular complexity index is 667. The van der Waals surface area contributed by atoms with Crippen molar-refractivity contribution in [2.45, 2.75) is 6.42 Å². The topological polar surface area (TPSA) is 127 Å². The number of anilines is 1. The van der Waals surface area contributed by atoms with Gasteiger partial charge in [0, 0.05) is 6.08 Å². The van der Waals surface area contributed by atoms with Gasteiger partial charge in [0.1, 0.15) is 11.4 Å². The lowest BCUT2D eigenvalue weighted by molar-refractivity contribution is -0.138. The largest absolute Gasteiger partial charge is 0.506 e. The molecule has 0 bridgehead atoms. The summed E-state index contributed by atoms with van der Waals surface area (Å²) < 4.78 is 0. The minimum atomic E-state index is -1.03. The summed E-state index contributed by atoms with van der Waals surface area (Å²) in [6, 6.07) is 4.13. The number of phenols is 1. The number of hydrogen-bond acceptors (Lipinski definition) is 6. The molecule has 116 valence electrons. The van der Waals surface area contributed by atoms with E-state index in [1.807, 2.05) is 0 Å². The molecule has 0 fully saturated rings. The maximum atomic E-state index is 12.0.